The van der Waals surface area contributed by atoms with Crippen molar-refractivity contribution in [3.8, 4) is 0 Å². The van der Waals surface area contributed by atoms with E-state index < -0.39 is 43.9 Å². The number of alkyl halides is 3. The van der Waals surface area contributed by atoms with Gasteiger partial charge in [0.25, 0.3) is 5.56 Å². The SMILES string of the molecule is O=c1c(C(F)(F)F)cc(C2CC2)nn1CN1CCN(S(=O)(=O)c2ccc(F)c(F)c2)CC1. The maximum absolute atomic E-state index is 13.4. The zero-order valence-corrected chi connectivity index (χ0v) is 17.5. The van der Waals surface area contributed by atoms with Crippen LogP contribution in [0.15, 0.2) is 34.0 Å². The first kappa shape index (κ1) is 22.8. The van der Waals surface area contributed by atoms with Crippen LogP contribution in [-0.2, 0) is 22.9 Å². The summed E-state index contributed by atoms with van der Waals surface area (Å²) < 4.78 is 93.6. The summed E-state index contributed by atoms with van der Waals surface area (Å²) in [5.41, 5.74) is -2.30. The van der Waals surface area contributed by atoms with Gasteiger partial charge >= 0.3 is 6.18 Å². The smallest absolute Gasteiger partial charge is 0.282 e. The van der Waals surface area contributed by atoms with Gasteiger partial charge in [0.15, 0.2) is 11.6 Å². The molecule has 32 heavy (non-hydrogen) atoms. The Morgan fingerprint density at radius 2 is 1.66 bits per heavy atom. The fourth-order valence-electron chi connectivity index (χ4n) is 3.53. The van der Waals surface area contributed by atoms with Crippen molar-refractivity contribution < 1.29 is 30.4 Å². The van der Waals surface area contributed by atoms with Gasteiger partial charge in [0.05, 0.1) is 17.3 Å². The van der Waals surface area contributed by atoms with Crippen molar-refractivity contribution in [2.75, 3.05) is 26.2 Å². The van der Waals surface area contributed by atoms with Crippen molar-refractivity contribution in [2.45, 2.75) is 36.5 Å². The second kappa shape index (κ2) is 8.19. The van der Waals surface area contributed by atoms with E-state index in [1.807, 2.05) is 0 Å². The number of piperazine rings is 1. The summed E-state index contributed by atoms with van der Waals surface area (Å²) in [5.74, 6) is -2.55. The predicted octanol–water partition coefficient (Wildman–Crippen LogP) is 2.38. The standard InChI is InChI=1S/C19H19F5N4O3S/c20-15-4-3-13(9-16(15)21)32(30,31)27-7-5-26(6-8-27)11-28-18(29)14(19(22,23)24)10-17(25-28)12-1-2-12/h3-4,9-10,12H,1-2,5-8,11H2. The lowest BCUT2D eigenvalue weighted by Crippen LogP contribution is -2.50. The molecule has 1 aliphatic heterocycles. The molecule has 0 atom stereocenters. The number of nitrogens with zero attached hydrogens (tertiary/aromatic N) is 4. The van der Waals surface area contributed by atoms with E-state index in [-0.39, 0.29) is 44.5 Å². The molecule has 0 radical (unpaired) electrons. The van der Waals surface area contributed by atoms with E-state index in [9.17, 15) is 35.2 Å². The Morgan fingerprint density at radius 1 is 1.00 bits per heavy atom. The van der Waals surface area contributed by atoms with Gasteiger partial charge in [-0.15, -0.1) is 0 Å². The second-order valence-corrected chi connectivity index (χ2v) is 9.74. The zero-order valence-electron chi connectivity index (χ0n) is 16.6. The first-order chi connectivity index (χ1) is 15.0. The highest BCUT2D eigenvalue weighted by atomic mass is 32.2. The zero-order chi connectivity index (χ0) is 23.3. The van der Waals surface area contributed by atoms with Gasteiger partial charge < -0.3 is 0 Å². The summed E-state index contributed by atoms with van der Waals surface area (Å²) >= 11 is 0. The number of benzene rings is 1. The lowest BCUT2D eigenvalue weighted by molar-refractivity contribution is -0.139. The van der Waals surface area contributed by atoms with Crippen molar-refractivity contribution in [1.82, 2.24) is 19.0 Å². The molecule has 0 bridgehead atoms. The molecule has 174 valence electrons. The van der Waals surface area contributed by atoms with Gasteiger partial charge in [0.1, 0.15) is 5.56 Å². The van der Waals surface area contributed by atoms with Crippen LogP contribution in [0, 0.1) is 11.6 Å². The molecule has 0 unspecified atom stereocenters. The highest BCUT2D eigenvalue weighted by Gasteiger charge is 2.38. The molecule has 2 fully saturated rings. The highest BCUT2D eigenvalue weighted by Crippen LogP contribution is 2.40. The molecule has 1 saturated carbocycles. The lowest BCUT2D eigenvalue weighted by Gasteiger charge is -2.34. The van der Waals surface area contributed by atoms with Crippen LogP contribution in [-0.4, -0.2) is 53.6 Å². The summed E-state index contributed by atoms with van der Waals surface area (Å²) in [7, 11) is -4.07. The molecule has 1 aromatic carbocycles. The first-order valence-corrected chi connectivity index (χ1v) is 11.3. The molecule has 0 N–H and O–H groups in total. The van der Waals surface area contributed by atoms with Gasteiger partial charge in [-0.2, -0.15) is 22.6 Å². The lowest BCUT2D eigenvalue weighted by atomic mass is 10.2. The third-order valence-corrected chi connectivity index (χ3v) is 7.38. The highest BCUT2D eigenvalue weighted by molar-refractivity contribution is 7.89. The topological polar surface area (TPSA) is 75.5 Å². The summed E-state index contributed by atoms with van der Waals surface area (Å²) in [4.78, 5) is 13.6. The number of hydrogen-bond acceptors (Lipinski definition) is 5. The molecule has 0 spiro atoms. The van der Waals surface area contributed by atoms with Crippen molar-refractivity contribution in [3.05, 3.63) is 57.5 Å². The molecule has 1 aliphatic carbocycles. The number of hydrogen-bond donors (Lipinski definition) is 0. The van der Waals surface area contributed by atoms with Crippen LogP contribution in [0.2, 0.25) is 0 Å². The normalized spacial score (nSPS) is 18.8. The minimum absolute atomic E-state index is 0.0372. The quantitative estimate of drug-likeness (QED) is 0.617. The Kier molecular flexibility index (Phi) is 5.84. The molecular formula is C19H19F5N4O3S. The third-order valence-electron chi connectivity index (χ3n) is 5.49. The van der Waals surface area contributed by atoms with Crippen molar-refractivity contribution >= 4 is 10.0 Å². The number of rotatable bonds is 5. The molecule has 13 heteroatoms. The first-order valence-electron chi connectivity index (χ1n) is 9.83. The van der Waals surface area contributed by atoms with E-state index in [1.54, 1.807) is 4.90 Å². The molecule has 2 heterocycles. The van der Waals surface area contributed by atoms with Crippen LogP contribution in [0.4, 0.5) is 22.0 Å². The molecule has 7 nitrogen and oxygen atoms in total. The second-order valence-electron chi connectivity index (χ2n) is 7.80. The van der Waals surface area contributed by atoms with E-state index in [0.717, 1.165) is 27.2 Å². The molecule has 1 aromatic heterocycles. The van der Waals surface area contributed by atoms with Crippen molar-refractivity contribution in [2.24, 2.45) is 0 Å². The Balaban J connectivity index is 1.49. The molecular weight excluding hydrogens is 459 g/mol. The van der Waals surface area contributed by atoms with Crippen LogP contribution < -0.4 is 5.56 Å². The largest absolute Gasteiger partial charge is 0.421 e. The average molecular weight is 478 g/mol. The Bertz CT molecular complexity index is 1190. The van der Waals surface area contributed by atoms with Crippen LogP contribution in [0.1, 0.15) is 30.0 Å². The Labute approximate surface area is 180 Å². The van der Waals surface area contributed by atoms with Gasteiger partial charge in [-0.05, 0) is 37.1 Å². The van der Waals surface area contributed by atoms with Gasteiger partial charge in [-0.1, -0.05) is 0 Å². The molecule has 0 amide bonds. The van der Waals surface area contributed by atoms with Crippen molar-refractivity contribution in [1.29, 1.82) is 0 Å². The maximum Gasteiger partial charge on any atom is 0.421 e. The predicted molar refractivity (Wildman–Crippen MR) is 102 cm³/mol. The Morgan fingerprint density at radius 3 is 2.22 bits per heavy atom. The number of aromatic nitrogens is 2. The molecule has 1 saturated heterocycles. The van der Waals surface area contributed by atoms with Crippen LogP contribution in [0.25, 0.3) is 0 Å². The van der Waals surface area contributed by atoms with Gasteiger partial charge in [0.2, 0.25) is 10.0 Å². The summed E-state index contributed by atoms with van der Waals surface area (Å²) in [6.45, 7) is -0.0609. The minimum atomic E-state index is -4.80. The summed E-state index contributed by atoms with van der Waals surface area (Å²) in [6.07, 6.45) is -3.38. The fourth-order valence-corrected chi connectivity index (χ4v) is 4.96. The third kappa shape index (κ3) is 4.55. The van der Waals surface area contributed by atoms with Gasteiger partial charge in [0, 0.05) is 32.1 Å². The Hall–Kier alpha value is -2.38. The van der Waals surface area contributed by atoms with E-state index in [0.29, 0.717) is 18.9 Å². The van der Waals surface area contributed by atoms with Crippen LogP contribution >= 0.6 is 0 Å². The number of sulfonamides is 1. The average Bonchev–Trinajstić information content (AvgIpc) is 3.56. The van der Waals surface area contributed by atoms with E-state index in [2.05, 4.69) is 5.10 Å². The number of halogens is 5. The van der Waals surface area contributed by atoms with Gasteiger partial charge in [-0.25, -0.2) is 21.9 Å². The van der Waals surface area contributed by atoms with E-state index in [1.165, 1.54) is 0 Å². The summed E-state index contributed by atoms with van der Waals surface area (Å²) in [6, 6.07) is 3.10. The monoisotopic (exact) mass is 478 g/mol. The molecule has 4 rings (SSSR count). The van der Waals surface area contributed by atoms with Crippen LogP contribution in [0.3, 0.4) is 0 Å². The minimum Gasteiger partial charge on any atom is -0.282 e. The van der Waals surface area contributed by atoms with Gasteiger partial charge in [-0.3, -0.25) is 9.69 Å². The maximum atomic E-state index is 13.4. The molecule has 2 aliphatic rings. The fraction of sp³-hybridized carbons (Fsp3) is 0.474. The molecule has 2 aromatic rings. The van der Waals surface area contributed by atoms with Crippen LogP contribution in [0.5, 0.6) is 0 Å². The van der Waals surface area contributed by atoms with E-state index in [4.69, 9.17) is 0 Å². The van der Waals surface area contributed by atoms with Crippen molar-refractivity contribution in [3.63, 3.8) is 0 Å². The van der Waals surface area contributed by atoms with E-state index >= 15 is 0 Å². The summed E-state index contributed by atoms with van der Waals surface area (Å²) in [5, 5.41) is 4.09.